The van der Waals surface area contributed by atoms with E-state index in [0.29, 0.717) is 0 Å². The highest BCUT2D eigenvalue weighted by Crippen LogP contribution is 2.65. The third-order valence-electron chi connectivity index (χ3n) is 8.06. The maximum absolute atomic E-state index is 13.0. The molecular formula is C27H31N7O2S. The number of anilines is 4. The van der Waals surface area contributed by atoms with E-state index in [9.17, 15) is 4.79 Å². The molecule has 1 aliphatic carbocycles. The first-order valence-corrected chi connectivity index (χ1v) is 14.9. The second-order valence-electron chi connectivity index (χ2n) is 10.3. The van der Waals surface area contributed by atoms with E-state index in [2.05, 4.69) is 53.9 Å². The van der Waals surface area contributed by atoms with Crippen molar-refractivity contribution >= 4 is 51.7 Å². The summed E-state index contributed by atoms with van der Waals surface area (Å²) in [4.78, 5) is 24.7. The lowest BCUT2D eigenvalue weighted by Crippen LogP contribution is -2.33. The van der Waals surface area contributed by atoms with Crippen LogP contribution in [0.25, 0.3) is 10.9 Å². The molecule has 1 spiro atoms. The molecule has 0 radical (unpaired) electrons. The first-order valence-electron chi connectivity index (χ1n) is 12.9. The largest absolute Gasteiger partial charge is 0.497 e. The quantitative estimate of drug-likeness (QED) is 0.373. The van der Waals surface area contributed by atoms with Crippen LogP contribution in [-0.2, 0) is 10.2 Å². The molecule has 0 unspecified atom stereocenters. The van der Waals surface area contributed by atoms with Gasteiger partial charge in [-0.05, 0) is 66.3 Å². The van der Waals surface area contributed by atoms with E-state index in [1.54, 1.807) is 7.11 Å². The van der Waals surface area contributed by atoms with Gasteiger partial charge in [-0.25, -0.2) is 9.97 Å². The van der Waals surface area contributed by atoms with Gasteiger partial charge in [0.05, 0.1) is 18.0 Å². The summed E-state index contributed by atoms with van der Waals surface area (Å²) in [6.07, 6.45) is 0.783. The number of nitrogens with zero attached hydrogens (tertiary/aromatic N) is 4. The van der Waals surface area contributed by atoms with Gasteiger partial charge in [-0.3, -0.25) is 9.89 Å². The average Bonchev–Trinajstić information content (AvgIpc) is 3.47. The van der Waals surface area contributed by atoms with Crippen molar-refractivity contribution in [2.45, 2.75) is 24.7 Å². The highest BCUT2D eigenvalue weighted by atomic mass is 32.2. The van der Waals surface area contributed by atoms with Crippen LogP contribution in [0.4, 0.5) is 23.1 Å². The molecule has 2 aromatic heterocycles. The average molecular weight is 518 g/mol. The van der Waals surface area contributed by atoms with Gasteiger partial charge in [-0.2, -0.15) is 5.10 Å². The molecule has 10 heteroatoms. The highest BCUT2D eigenvalue weighted by Gasteiger charge is 2.65. The lowest BCUT2D eigenvalue weighted by atomic mass is 9.91. The monoisotopic (exact) mass is 517 g/mol. The zero-order valence-corrected chi connectivity index (χ0v) is 22.4. The molecule has 37 heavy (non-hydrogen) atoms. The van der Waals surface area contributed by atoms with Crippen LogP contribution in [0.5, 0.6) is 5.75 Å². The fraction of sp³-hybridized carbons (Fsp3) is 0.333. The number of fused-ring (bicyclic) bond motifs is 3. The molecule has 3 N–H and O–H groups in total. The van der Waals surface area contributed by atoms with Gasteiger partial charge in [-0.15, -0.1) is 0 Å². The summed E-state index contributed by atoms with van der Waals surface area (Å²) < 4.78 is 5.43. The van der Waals surface area contributed by atoms with Gasteiger partial charge in [0, 0.05) is 36.1 Å². The van der Waals surface area contributed by atoms with E-state index >= 15 is 0 Å². The summed E-state index contributed by atoms with van der Waals surface area (Å²) in [5, 5.41) is 15.2. The molecule has 3 aliphatic rings. The zero-order chi connectivity index (χ0) is 25.1. The number of hydrogen-bond donors (Lipinski definition) is 3. The molecule has 4 heterocycles. The van der Waals surface area contributed by atoms with Crippen LogP contribution < -0.4 is 20.3 Å². The van der Waals surface area contributed by atoms with Crippen LogP contribution >= 0.6 is 11.8 Å². The van der Waals surface area contributed by atoms with Crippen LogP contribution in [0.1, 0.15) is 29.3 Å². The van der Waals surface area contributed by atoms with Crippen molar-refractivity contribution in [1.82, 2.24) is 20.2 Å². The Hall–Kier alpha value is -3.79. The summed E-state index contributed by atoms with van der Waals surface area (Å²) >= 11 is 0.114. The van der Waals surface area contributed by atoms with E-state index in [1.807, 2.05) is 31.2 Å². The number of amides is 1. The predicted molar refractivity (Wildman–Crippen MR) is 152 cm³/mol. The Morgan fingerprint density at radius 1 is 1.14 bits per heavy atom. The van der Waals surface area contributed by atoms with Crippen molar-refractivity contribution in [2.24, 2.45) is 0 Å². The van der Waals surface area contributed by atoms with Crippen LogP contribution in [0.3, 0.4) is 0 Å². The lowest BCUT2D eigenvalue weighted by Gasteiger charge is -2.29. The number of hydrogen-bond acceptors (Lipinski definition) is 7. The number of rotatable bonds is 5. The third kappa shape index (κ3) is 3.61. The summed E-state index contributed by atoms with van der Waals surface area (Å²) in [6, 6.07) is 14.1. The highest BCUT2D eigenvalue weighted by molar-refractivity contribution is 7.99. The Morgan fingerprint density at radius 2 is 2.00 bits per heavy atom. The number of carbonyl (C=O) groups excluding carboxylic acids is 1. The molecule has 192 valence electrons. The van der Waals surface area contributed by atoms with Gasteiger partial charge in [0.1, 0.15) is 23.2 Å². The number of benzene rings is 2. The lowest BCUT2D eigenvalue weighted by molar-refractivity contribution is -0.118. The minimum absolute atomic E-state index is 0.0683. The standard InChI is InChI=1S/C27H31N7O2S/c1-15-28-23(13-24(29-15)34-7-9-37-10-8-34)31-25-18-5-3-16(11-22(18)32-33-25)20-14-27(20)19-12-17(36-2)4-6-21(19)30-26(27)35/h3-6,11-13,20H,7-10,14H2,1-2H3,37H4,(H,30,35)(H2,28,29,31,32,33)/t20-,27-/m0/s1. The number of aromatic nitrogens is 4. The van der Waals surface area contributed by atoms with Crippen molar-refractivity contribution in [2.75, 3.05) is 47.2 Å². The molecule has 2 aliphatic heterocycles. The summed E-state index contributed by atoms with van der Waals surface area (Å²) in [7, 11) is 1.65. The van der Waals surface area contributed by atoms with E-state index in [1.165, 1.54) is 11.5 Å². The maximum atomic E-state index is 13.0. The fourth-order valence-electron chi connectivity index (χ4n) is 6.07. The molecule has 2 atom stereocenters. The molecule has 0 bridgehead atoms. The normalized spacial score (nSPS) is 22.5. The minimum atomic E-state index is -0.523. The smallest absolute Gasteiger partial charge is 0.235 e. The molecule has 4 aromatic rings. The van der Waals surface area contributed by atoms with Gasteiger partial charge in [0.2, 0.25) is 5.91 Å². The number of nitrogens with one attached hydrogen (secondary N) is 3. The molecule has 9 nitrogen and oxygen atoms in total. The number of methoxy groups -OCH3 is 1. The van der Waals surface area contributed by atoms with Crippen LogP contribution in [-0.4, -0.2) is 57.8 Å². The van der Waals surface area contributed by atoms with Gasteiger partial charge < -0.3 is 32.0 Å². The Balaban J connectivity index is 1.16. The number of ether oxygens (including phenoxy) is 1. The van der Waals surface area contributed by atoms with E-state index in [4.69, 9.17) is 4.74 Å². The third-order valence-corrected chi connectivity index (χ3v) is 9.69. The Labute approximate surface area is 218 Å². The molecule has 1 amide bonds. The van der Waals surface area contributed by atoms with E-state index in [0.717, 1.165) is 76.3 Å². The molecule has 1 saturated carbocycles. The Kier molecular flexibility index (Phi) is 5.07. The Bertz CT molecular complexity index is 1550. The molecule has 1 saturated heterocycles. The molecule has 2 fully saturated rings. The first kappa shape index (κ1) is 22.4. The van der Waals surface area contributed by atoms with Crippen molar-refractivity contribution in [3.8, 4) is 5.75 Å². The van der Waals surface area contributed by atoms with Gasteiger partial charge in [0.25, 0.3) is 0 Å². The van der Waals surface area contributed by atoms with Crippen molar-refractivity contribution < 1.29 is 9.53 Å². The van der Waals surface area contributed by atoms with Gasteiger partial charge in [-0.1, -0.05) is 6.07 Å². The van der Waals surface area contributed by atoms with Crippen molar-refractivity contribution in [3.05, 3.63) is 59.4 Å². The first-order chi connectivity index (χ1) is 18.0. The second-order valence-corrected chi connectivity index (χ2v) is 12.4. The SMILES string of the molecule is COc1ccc2c(c1)[C@]1(C[C@H]1c1ccc3c(Nc4cc(N5CC[SH4]CC5)nc(C)n4)n[nH]c3c1)C(=O)N2. The number of aromatic amines is 1. The number of H-pyrrole nitrogens is 1. The van der Waals surface area contributed by atoms with Gasteiger partial charge >= 0.3 is 0 Å². The second kappa shape index (κ2) is 8.37. The summed E-state index contributed by atoms with van der Waals surface area (Å²) in [5.41, 5.74) is 3.44. The number of aryl methyl sites for hydroxylation is 1. The topological polar surface area (TPSA) is 108 Å². The van der Waals surface area contributed by atoms with Gasteiger partial charge in [0.15, 0.2) is 5.82 Å². The van der Waals surface area contributed by atoms with Crippen LogP contribution in [0.15, 0.2) is 42.5 Å². The van der Waals surface area contributed by atoms with E-state index in [-0.39, 0.29) is 23.6 Å². The molecular weight excluding hydrogens is 486 g/mol. The minimum Gasteiger partial charge on any atom is -0.497 e. The van der Waals surface area contributed by atoms with E-state index < -0.39 is 5.41 Å². The summed E-state index contributed by atoms with van der Waals surface area (Å²) in [5.74, 6) is 6.83. The van der Waals surface area contributed by atoms with Crippen molar-refractivity contribution in [3.63, 3.8) is 0 Å². The molecule has 2 aromatic carbocycles. The van der Waals surface area contributed by atoms with Crippen LogP contribution in [0, 0.1) is 6.92 Å². The summed E-state index contributed by atoms with van der Waals surface area (Å²) in [6.45, 7) is 4.11. The van der Waals surface area contributed by atoms with Crippen LogP contribution in [0.2, 0.25) is 0 Å². The molecule has 7 rings (SSSR count). The Morgan fingerprint density at radius 3 is 2.84 bits per heavy atom. The fourth-order valence-corrected chi connectivity index (χ4v) is 7.63. The predicted octanol–water partition coefficient (Wildman–Crippen LogP) is 3.27. The zero-order valence-electron chi connectivity index (χ0n) is 21.0. The number of carbonyl (C=O) groups is 1. The maximum Gasteiger partial charge on any atom is 0.235 e. The van der Waals surface area contributed by atoms with Crippen molar-refractivity contribution in [1.29, 1.82) is 0 Å².